The Balaban J connectivity index is 0.00000304. The second kappa shape index (κ2) is 10.9. The number of carbonyl (C=O) groups is 1. The molecule has 0 spiro atoms. The average molecular weight is 554 g/mol. The molecule has 2 aromatic carbocycles. The Morgan fingerprint density at radius 2 is 1.83 bits per heavy atom. The maximum Gasteiger partial charge on any atom is 0.273 e. The van der Waals surface area contributed by atoms with Gasteiger partial charge in [-0.25, -0.2) is 13.4 Å². The topological polar surface area (TPSA) is 98.3 Å². The van der Waals surface area contributed by atoms with Gasteiger partial charge in [0.25, 0.3) is 5.91 Å². The molecular formula is C24H28ClN3O6S2. The maximum atomic E-state index is 13.8. The number of aromatic nitrogens is 1. The highest BCUT2D eigenvalue weighted by molar-refractivity contribution is 7.90. The van der Waals surface area contributed by atoms with Crippen LogP contribution in [0.15, 0.2) is 47.4 Å². The third kappa shape index (κ3) is 5.60. The summed E-state index contributed by atoms with van der Waals surface area (Å²) in [5, 5.41) is 0.499. The van der Waals surface area contributed by atoms with Crippen molar-refractivity contribution in [1.29, 1.82) is 0 Å². The Bertz CT molecular complexity index is 1340. The third-order valence-electron chi connectivity index (χ3n) is 6.10. The van der Waals surface area contributed by atoms with Crippen LogP contribution in [0.2, 0.25) is 0 Å². The SMILES string of the molecule is CC1Oc2ccccc2OC1C(=O)N(CCN1CCOCC1)c1nc2ccc(S(C)(=O)=O)cc2s1.Cl. The number of fused-ring (bicyclic) bond motifs is 2. The lowest BCUT2D eigenvalue weighted by Gasteiger charge is -2.34. The summed E-state index contributed by atoms with van der Waals surface area (Å²) in [6.07, 6.45) is -0.156. The van der Waals surface area contributed by atoms with Crippen LogP contribution >= 0.6 is 23.7 Å². The van der Waals surface area contributed by atoms with Crippen molar-refractivity contribution in [3.63, 3.8) is 0 Å². The van der Waals surface area contributed by atoms with Crippen molar-refractivity contribution in [3.8, 4) is 11.5 Å². The molecule has 1 saturated heterocycles. The highest BCUT2D eigenvalue weighted by Crippen LogP contribution is 2.36. The molecule has 0 aliphatic carbocycles. The molecule has 9 nitrogen and oxygen atoms in total. The lowest BCUT2D eigenvalue weighted by molar-refractivity contribution is -0.130. The first-order valence-corrected chi connectivity index (χ1v) is 14.1. The van der Waals surface area contributed by atoms with Crippen LogP contribution in [0.1, 0.15) is 6.92 Å². The van der Waals surface area contributed by atoms with E-state index in [0.29, 0.717) is 53.2 Å². The number of benzene rings is 2. The molecule has 0 N–H and O–H groups in total. The molecule has 1 amide bonds. The molecule has 1 fully saturated rings. The van der Waals surface area contributed by atoms with Gasteiger partial charge in [0.1, 0.15) is 6.10 Å². The van der Waals surface area contributed by atoms with E-state index in [9.17, 15) is 13.2 Å². The van der Waals surface area contributed by atoms with Gasteiger partial charge < -0.3 is 14.2 Å². The number of sulfone groups is 1. The first kappa shape index (κ1) is 26.6. The third-order valence-corrected chi connectivity index (χ3v) is 8.25. The smallest absolute Gasteiger partial charge is 0.273 e. The van der Waals surface area contributed by atoms with Crippen molar-refractivity contribution in [1.82, 2.24) is 9.88 Å². The molecule has 12 heteroatoms. The normalized spacial score (nSPS) is 20.1. The fraction of sp³-hybridized carbons (Fsp3) is 0.417. The van der Waals surface area contributed by atoms with E-state index >= 15 is 0 Å². The zero-order valence-electron chi connectivity index (χ0n) is 20.0. The fourth-order valence-corrected chi connectivity index (χ4v) is 5.91. The van der Waals surface area contributed by atoms with Crippen molar-refractivity contribution in [2.24, 2.45) is 0 Å². The molecule has 0 bridgehead atoms. The van der Waals surface area contributed by atoms with Crippen LogP contribution in [-0.2, 0) is 19.4 Å². The van der Waals surface area contributed by atoms with E-state index in [4.69, 9.17) is 14.2 Å². The van der Waals surface area contributed by atoms with Gasteiger partial charge in [-0.1, -0.05) is 23.5 Å². The number of para-hydroxylation sites is 2. The van der Waals surface area contributed by atoms with Crippen LogP contribution in [0, 0.1) is 0 Å². The number of thiazole rings is 1. The Labute approximate surface area is 220 Å². The number of nitrogens with zero attached hydrogens (tertiary/aromatic N) is 3. The molecular weight excluding hydrogens is 526 g/mol. The first-order chi connectivity index (χ1) is 16.8. The van der Waals surface area contributed by atoms with Gasteiger partial charge in [0, 0.05) is 32.4 Å². The molecule has 2 atom stereocenters. The predicted octanol–water partition coefficient (Wildman–Crippen LogP) is 3.02. The molecule has 3 heterocycles. The van der Waals surface area contributed by atoms with Gasteiger partial charge in [0.05, 0.1) is 28.3 Å². The largest absolute Gasteiger partial charge is 0.482 e. The van der Waals surface area contributed by atoms with Gasteiger partial charge >= 0.3 is 0 Å². The number of ether oxygens (including phenoxy) is 3. The van der Waals surface area contributed by atoms with E-state index in [1.54, 1.807) is 23.1 Å². The lowest BCUT2D eigenvalue weighted by atomic mass is 10.1. The van der Waals surface area contributed by atoms with E-state index in [1.807, 2.05) is 25.1 Å². The number of amides is 1. The lowest BCUT2D eigenvalue weighted by Crippen LogP contribution is -2.52. The maximum absolute atomic E-state index is 13.8. The quantitative estimate of drug-likeness (QED) is 0.459. The van der Waals surface area contributed by atoms with Crippen molar-refractivity contribution >= 4 is 54.8 Å². The Morgan fingerprint density at radius 1 is 1.14 bits per heavy atom. The molecule has 5 rings (SSSR count). The molecule has 194 valence electrons. The molecule has 2 aliphatic heterocycles. The summed E-state index contributed by atoms with van der Waals surface area (Å²) < 4.78 is 42.2. The highest BCUT2D eigenvalue weighted by Gasteiger charge is 2.38. The Hall–Kier alpha value is -2.44. The molecule has 2 aliphatic rings. The number of rotatable bonds is 6. The second-order valence-corrected chi connectivity index (χ2v) is 11.7. The molecule has 0 radical (unpaired) electrons. The summed E-state index contributed by atoms with van der Waals surface area (Å²) >= 11 is 1.29. The molecule has 3 aromatic rings. The monoisotopic (exact) mass is 553 g/mol. The Morgan fingerprint density at radius 3 is 2.53 bits per heavy atom. The Kier molecular flexibility index (Phi) is 8.06. The molecule has 1 aromatic heterocycles. The summed E-state index contributed by atoms with van der Waals surface area (Å²) in [5.74, 6) is 0.888. The van der Waals surface area contributed by atoms with E-state index in [1.165, 1.54) is 23.7 Å². The molecule has 0 saturated carbocycles. The van der Waals surface area contributed by atoms with Gasteiger partial charge in [-0.3, -0.25) is 14.6 Å². The van der Waals surface area contributed by atoms with Crippen LogP contribution in [0.4, 0.5) is 5.13 Å². The minimum Gasteiger partial charge on any atom is -0.482 e. The minimum absolute atomic E-state index is 0. The van der Waals surface area contributed by atoms with E-state index in [0.717, 1.165) is 13.1 Å². The van der Waals surface area contributed by atoms with Crippen molar-refractivity contribution in [2.45, 2.75) is 24.0 Å². The number of carbonyl (C=O) groups excluding carboxylic acids is 1. The van der Waals surface area contributed by atoms with E-state index in [2.05, 4.69) is 9.88 Å². The standard InChI is InChI=1S/C24H27N3O6S2.ClH/c1-16-22(33-20-6-4-3-5-19(20)32-16)23(28)27(10-9-26-11-13-31-14-12-26)24-25-18-8-7-17(35(2,29)30)15-21(18)34-24;/h3-8,15-16,22H,9-14H2,1-2H3;1H. The number of hydrogen-bond acceptors (Lipinski definition) is 9. The number of anilines is 1. The van der Waals surface area contributed by atoms with Crippen molar-refractivity contribution in [2.75, 3.05) is 50.5 Å². The summed E-state index contributed by atoms with van der Waals surface area (Å²) in [6.45, 7) is 5.80. The summed E-state index contributed by atoms with van der Waals surface area (Å²) in [4.78, 5) is 22.6. The summed E-state index contributed by atoms with van der Waals surface area (Å²) in [6, 6.07) is 12.1. The van der Waals surface area contributed by atoms with Gasteiger partial charge in [-0.2, -0.15) is 0 Å². The van der Waals surface area contributed by atoms with Crippen LogP contribution in [0.25, 0.3) is 10.2 Å². The van der Waals surface area contributed by atoms with E-state index < -0.39 is 22.0 Å². The zero-order chi connectivity index (χ0) is 24.6. The van der Waals surface area contributed by atoms with Crippen LogP contribution in [0.3, 0.4) is 0 Å². The van der Waals surface area contributed by atoms with Gasteiger partial charge in [0.2, 0.25) is 6.10 Å². The minimum atomic E-state index is -3.36. The summed E-state index contributed by atoms with van der Waals surface area (Å²) in [5.41, 5.74) is 0.640. The van der Waals surface area contributed by atoms with Gasteiger partial charge in [-0.15, -0.1) is 12.4 Å². The van der Waals surface area contributed by atoms with E-state index in [-0.39, 0.29) is 23.2 Å². The highest BCUT2D eigenvalue weighted by atomic mass is 35.5. The number of halogens is 1. The molecule has 36 heavy (non-hydrogen) atoms. The number of hydrogen-bond donors (Lipinski definition) is 0. The van der Waals surface area contributed by atoms with Gasteiger partial charge in [-0.05, 0) is 37.3 Å². The second-order valence-electron chi connectivity index (χ2n) is 8.65. The van der Waals surface area contributed by atoms with Crippen molar-refractivity contribution < 1.29 is 27.4 Å². The first-order valence-electron chi connectivity index (χ1n) is 11.4. The average Bonchev–Trinajstić information content (AvgIpc) is 3.27. The van der Waals surface area contributed by atoms with Crippen LogP contribution < -0.4 is 14.4 Å². The van der Waals surface area contributed by atoms with Gasteiger partial charge in [0.15, 0.2) is 26.5 Å². The van der Waals surface area contributed by atoms with Crippen LogP contribution in [0.5, 0.6) is 11.5 Å². The van der Waals surface area contributed by atoms with Crippen LogP contribution in [-0.4, -0.2) is 82.1 Å². The predicted molar refractivity (Wildman–Crippen MR) is 141 cm³/mol. The summed E-state index contributed by atoms with van der Waals surface area (Å²) in [7, 11) is -3.36. The number of morpholine rings is 1. The fourth-order valence-electron chi connectivity index (χ4n) is 4.15. The molecule has 2 unspecified atom stereocenters. The zero-order valence-corrected chi connectivity index (χ0v) is 22.4. The van der Waals surface area contributed by atoms with Crippen molar-refractivity contribution in [3.05, 3.63) is 42.5 Å².